The fraction of sp³-hybridized carbons (Fsp3) is 0.471. The van der Waals surface area contributed by atoms with Crippen LogP contribution in [0.4, 0.5) is 0 Å². The highest BCUT2D eigenvalue weighted by Crippen LogP contribution is 2.20. The molecule has 0 spiro atoms. The lowest BCUT2D eigenvalue weighted by molar-refractivity contribution is 0.373. The summed E-state index contributed by atoms with van der Waals surface area (Å²) in [7, 11) is 1.77. The Bertz CT molecular complexity index is 694. The second-order valence-corrected chi connectivity index (χ2v) is 6.36. The molecule has 0 saturated heterocycles. The lowest BCUT2D eigenvalue weighted by atomic mass is 9.96. The first kappa shape index (κ1) is 16.8. The molecule has 3 rings (SSSR count). The second-order valence-electron chi connectivity index (χ2n) is 5.93. The highest BCUT2D eigenvalue weighted by molar-refractivity contribution is 6.30. The quantitative estimate of drug-likeness (QED) is 0.655. The van der Waals surface area contributed by atoms with Gasteiger partial charge in [0.05, 0.1) is 6.54 Å². The summed E-state index contributed by atoms with van der Waals surface area (Å²) < 4.78 is 5.29. The van der Waals surface area contributed by atoms with Crippen LogP contribution in [0.3, 0.4) is 0 Å². The zero-order chi connectivity index (χ0) is 16.8. The number of hydrogen-bond acceptors (Lipinski definition) is 4. The largest absolute Gasteiger partial charge is 0.354 e. The first-order valence-electron chi connectivity index (χ1n) is 8.30. The van der Waals surface area contributed by atoms with E-state index in [0.717, 1.165) is 11.5 Å². The van der Waals surface area contributed by atoms with E-state index in [4.69, 9.17) is 16.1 Å². The first-order chi connectivity index (χ1) is 11.7. The number of nitrogens with one attached hydrogen (secondary N) is 2. The van der Waals surface area contributed by atoms with Gasteiger partial charge in [0.15, 0.2) is 5.96 Å². The molecule has 1 heterocycles. The molecule has 2 aromatic rings. The van der Waals surface area contributed by atoms with E-state index >= 15 is 0 Å². The molecular weight excluding hydrogens is 326 g/mol. The van der Waals surface area contributed by atoms with Crippen molar-refractivity contribution in [2.45, 2.75) is 44.7 Å². The van der Waals surface area contributed by atoms with Crippen LogP contribution in [0.5, 0.6) is 0 Å². The Labute approximate surface area is 146 Å². The average Bonchev–Trinajstić information content (AvgIpc) is 3.08. The van der Waals surface area contributed by atoms with Gasteiger partial charge in [-0.05, 0) is 25.0 Å². The fourth-order valence-corrected chi connectivity index (χ4v) is 3.06. The number of halogens is 1. The highest BCUT2D eigenvalue weighted by atomic mass is 35.5. The predicted molar refractivity (Wildman–Crippen MR) is 95.0 cm³/mol. The maximum Gasteiger partial charge on any atom is 0.246 e. The van der Waals surface area contributed by atoms with Gasteiger partial charge >= 0.3 is 0 Å². The number of aromatic nitrogens is 2. The zero-order valence-electron chi connectivity index (χ0n) is 13.8. The molecule has 128 valence electrons. The van der Waals surface area contributed by atoms with Gasteiger partial charge in [0.25, 0.3) is 0 Å². The van der Waals surface area contributed by atoms with Crippen LogP contribution < -0.4 is 10.6 Å². The van der Waals surface area contributed by atoms with Gasteiger partial charge in [-0.1, -0.05) is 48.2 Å². The lowest BCUT2D eigenvalue weighted by Gasteiger charge is -2.24. The summed E-state index contributed by atoms with van der Waals surface area (Å²) in [5.74, 6) is 1.81. The summed E-state index contributed by atoms with van der Waals surface area (Å²) in [4.78, 5) is 8.65. The highest BCUT2D eigenvalue weighted by Gasteiger charge is 2.15. The molecule has 1 aliphatic rings. The van der Waals surface area contributed by atoms with Gasteiger partial charge < -0.3 is 15.2 Å². The van der Waals surface area contributed by atoms with Crippen molar-refractivity contribution < 1.29 is 4.52 Å². The minimum Gasteiger partial charge on any atom is -0.354 e. The third kappa shape index (κ3) is 4.47. The van der Waals surface area contributed by atoms with E-state index in [9.17, 15) is 0 Å². The number of benzene rings is 1. The summed E-state index contributed by atoms with van der Waals surface area (Å²) in [6, 6.07) is 7.89. The number of aliphatic imine (C=N–C) groups is 1. The topological polar surface area (TPSA) is 75.3 Å². The van der Waals surface area contributed by atoms with Crippen molar-refractivity contribution in [3.8, 4) is 11.4 Å². The number of nitrogens with zero attached hydrogens (tertiary/aromatic N) is 3. The molecule has 0 unspecified atom stereocenters. The average molecular weight is 348 g/mol. The van der Waals surface area contributed by atoms with Gasteiger partial charge in [-0.25, -0.2) is 0 Å². The molecule has 6 nitrogen and oxygen atoms in total. The van der Waals surface area contributed by atoms with Crippen molar-refractivity contribution in [1.29, 1.82) is 0 Å². The van der Waals surface area contributed by atoms with Gasteiger partial charge in [0.1, 0.15) is 0 Å². The molecule has 1 aromatic heterocycles. The summed E-state index contributed by atoms with van der Waals surface area (Å²) in [5, 5.41) is 11.3. The first-order valence-corrected chi connectivity index (χ1v) is 8.68. The zero-order valence-corrected chi connectivity index (χ0v) is 14.5. The Morgan fingerprint density at radius 2 is 2.17 bits per heavy atom. The minimum absolute atomic E-state index is 0.431. The molecule has 7 heteroatoms. The van der Waals surface area contributed by atoms with Crippen molar-refractivity contribution in [1.82, 2.24) is 20.8 Å². The van der Waals surface area contributed by atoms with Gasteiger partial charge in [-0.15, -0.1) is 0 Å². The monoisotopic (exact) mass is 347 g/mol. The fourth-order valence-electron chi connectivity index (χ4n) is 2.87. The van der Waals surface area contributed by atoms with E-state index in [1.165, 1.54) is 32.1 Å². The molecule has 0 bridgehead atoms. The van der Waals surface area contributed by atoms with Crippen LogP contribution in [0.2, 0.25) is 5.02 Å². The minimum atomic E-state index is 0.431. The van der Waals surface area contributed by atoms with Crippen LogP contribution in [0, 0.1) is 0 Å². The van der Waals surface area contributed by atoms with E-state index in [-0.39, 0.29) is 0 Å². The molecular formula is C17H22ClN5O. The summed E-state index contributed by atoms with van der Waals surface area (Å²) in [5.41, 5.74) is 0.835. The SMILES string of the molecule is CN=C(NCc1nc(-c2cccc(Cl)c2)no1)NC1CCCCC1. The maximum atomic E-state index is 5.99. The normalized spacial score (nSPS) is 16.2. The summed E-state index contributed by atoms with van der Waals surface area (Å²) in [6.45, 7) is 0.431. The number of hydrogen-bond donors (Lipinski definition) is 2. The Morgan fingerprint density at radius 3 is 2.92 bits per heavy atom. The standard InChI is InChI=1S/C17H22ClN5O/c1-19-17(21-14-8-3-2-4-9-14)20-11-15-22-16(23-24-15)12-6-5-7-13(18)10-12/h5-7,10,14H,2-4,8-9,11H2,1H3,(H2,19,20,21). The maximum absolute atomic E-state index is 5.99. The molecule has 0 atom stereocenters. The van der Waals surface area contributed by atoms with Gasteiger partial charge in [0.2, 0.25) is 11.7 Å². The molecule has 1 aromatic carbocycles. The van der Waals surface area contributed by atoms with Crippen LogP contribution in [-0.2, 0) is 6.54 Å². The molecule has 0 amide bonds. The van der Waals surface area contributed by atoms with Crippen LogP contribution in [0.25, 0.3) is 11.4 Å². The van der Waals surface area contributed by atoms with Crippen LogP contribution in [-0.4, -0.2) is 29.2 Å². The van der Waals surface area contributed by atoms with Crippen molar-refractivity contribution in [3.63, 3.8) is 0 Å². The molecule has 0 radical (unpaired) electrons. The van der Waals surface area contributed by atoms with E-state index in [0.29, 0.717) is 29.3 Å². The predicted octanol–water partition coefficient (Wildman–Crippen LogP) is 3.39. The number of rotatable bonds is 4. The molecule has 0 aliphatic heterocycles. The van der Waals surface area contributed by atoms with Crippen molar-refractivity contribution in [3.05, 3.63) is 35.2 Å². The molecule has 1 aliphatic carbocycles. The van der Waals surface area contributed by atoms with E-state index < -0.39 is 0 Å². The second kappa shape index (κ2) is 8.15. The molecule has 24 heavy (non-hydrogen) atoms. The lowest BCUT2D eigenvalue weighted by Crippen LogP contribution is -2.43. The van der Waals surface area contributed by atoms with Gasteiger partial charge in [-0.2, -0.15) is 4.98 Å². The van der Waals surface area contributed by atoms with Crippen LogP contribution in [0.15, 0.2) is 33.8 Å². The summed E-state index contributed by atoms with van der Waals surface area (Å²) in [6.07, 6.45) is 6.28. The van der Waals surface area contributed by atoms with Gasteiger partial charge in [-0.3, -0.25) is 4.99 Å². The van der Waals surface area contributed by atoms with Crippen molar-refractivity contribution in [2.75, 3.05) is 7.05 Å². The number of guanidine groups is 1. The molecule has 2 N–H and O–H groups in total. The molecule has 1 fully saturated rings. The van der Waals surface area contributed by atoms with Gasteiger partial charge in [0, 0.05) is 23.7 Å². The Kier molecular flexibility index (Phi) is 5.69. The van der Waals surface area contributed by atoms with Crippen molar-refractivity contribution >= 4 is 17.6 Å². The Hall–Kier alpha value is -2.08. The van der Waals surface area contributed by atoms with Crippen LogP contribution in [0.1, 0.15) is 38.0 Å². The van der Waals surface area contributed by atoms with Crippen molar-refractivity contribution in [2.24, 2.45) is 4.99 Å². The van der Waals surface area contributed by atoms with E-state index in [2.05, 4.69) is 25.8 Å². The van der Waals surface area contributed by atoms with Crippen LogP contribution >= 0.6 is 11.6 Å². The molecule has 1 saturated carbocycles. The Morgan fingerprint density at radius 1 is 1.33 bits per heavy atom. The Balaban J connectivity index is 1.56. The smallest absolute Gasteiger partial charge is 0.246 e. The van der Waals surface area contributed by atoms with E-state index in [1.54, 1.807) is 7.05 Å². The third-order valence-corrected chi connectivity index (χ3v) is 4.36. The van der Waals surface area contributed by atoms with E-state index in [1.807, 2.05) is 24.3 Å². The third-order valence-electron chi connectivity index (χ3n) is 4.13. The summed E-state index contributed by atoms with van der Waals surface area (Å²) >= 11 is 5.99.